The molecule has 18 nitrogen and oxygen atoms in total. The van der Waals surface area contributed by atoms with Gasteiger partial charge in [0, 0.05) is 32.8 Å². The summed E-state index contributed by atoms with van der Waals surface area (Å²) >= 11 is 0. The van der Waals surface area contributed by atoms with E-state index in [1.807, 2.05) is 0 Å². The van der Waals surface area contributed by atoms with Crippen LogP contribution in [-0.2, 0) is 49.8 Å². The van der Waals surface area contributed by atoms with E-state index in [0.717, 1.165) is 35.7 Å². The van der Waals surface area contributed by atoms with Crippen molar-refractivity contribution in [2.24, 2.45) is 0 Å². The van der Waals surface area contributed by atoms with Gasteiger partial charge < -0.3 is 28.6 Å². The zero-order chi connectivity index (χ0) is 46.9. The maximum absolute atomic E-state index is 14.1. The van der Waals surface area contributed by atoms with Gasteiger partial charge in [-0.05, 0) is 127 Å². The number of methoxy groups -OCH3 is 1. The number of hydrogen-bond acceptors (Lipinski definition) is 14. The van der Waals surface area contributed by atoms with Gasteiger partial charge in [0.2, 0.25) is 0 Å². The van der Waals surface area contributed by atoms with E-state index < -0.39 is 78.4 Å². The molecule has 63 heavy (non-hydrogen) atoms. The van der Waals surface area contributed by atoms with Gasteiger partial charge in [-0.15, -0.1) is 0 Å². The van der Waals surface area contributed by atoms with E-state index in [-0.39, 0.29) is 38.4 Å². The quantitative estimate of drug-likeness (QED) is 0.0341. The fourth-order valence-electron chi connectivity index (χ4n) is 6.41. The van der Waals surface area contributed by atoms with Gasteiger partial charge in [-0.2, -0.15) is 0 Å². The van der Waals surface area contributed by atoms with Gasteiger partial charge in [-0.3, -0.25) is 29.3 Å². The van der Waals surface area contributed by atoms with Gasteiger partial charge in [0.05, 0.1) is 35.3 Å². The first-order valence-electron chi connectivity index (χ1n) is 20.7. The van der Waals surface area contributed by atoms with Crippen molar-refractivity contribution in [3.8, 4) is 5.75 Å². The summed E-state index contributed by atoms with van der Waals surface area (Å²) in [5.74, 6) is -1.83. The molecule has 0 saturated heterocycles. The smallest absolute Gasteiger partial charge is 0.339 e. The second-order valence-corrected chi connectivity index (χ2v) is 17.7. The number of nitro groups is 2. The third-order valence-corrected chi connectivity index (χ3v) is 11.7. The number of anilines is 1. The van der Waals surface area contributed by atoms with Crippen LogP contribution in [0.4, 0.5) is 17.1 Å². The summed E-state index contributed by atoms with van der Waals surface area (Å²) in [7, 11) is -1.69. The van der Waals surface area contributed by atoms with Crippen LogP contribution in [0, 0.1) is 34.1 Å². The van der Waals surface area contributed by atoms with Gasteiger partial charge in [0.1, 0.15) is 18.0 Å². The number of hydrogen-bond donors (Lipinski definition) is 0. The van der Waals surface area contributed by atoms with Crippen LogP contribution in [0.5, 0.6) is 5.75 Å². The minimum Gasteiger partial charge on any atom is -0.497 e. The van der Waals surface area contributed by atoms with Crippen LogP contribution >= 0.6 is 0 Å². The molecule has 0 bridgehead atoms. The fraction of sp³-hybridized carbons (Fsp3) is 0.523. The number of amides is 1. The van der Waals surface area contributed by atoms with Crippen molar-refractivity contribution in [3.05, 3.63) is 97.6 Å². The molecule has 0 aliphatic rings. The molecule has 0 fully saturated rings. The number of ether oxygens (including phenoxy) is 5. The highest BCUT2D eigenvalue weighted by molar-refractivity contribution is 7.93. The Kier molecular flexibility index (Phi) is 19.9. The Hall–Kier alpha value is -5.66. The van der Waals surface area contributed by atoms with Gasteiger partial charge in [0.15, 0.2) is 17.1 Å². The number of nitrogens with zero attached hydrogens (tertiary/aromatic N) is 4. The lowest BCUT2D eigenvalue weighted by Crippen LogP contribution is -2.51. The van der Waals surface area contributed by atoms with E-state index in [1.54, 1.807) is 27.7 Å². The number of carbonyl (C=O) groups excluding carboxylic acids is 3. The molecule has 0 heterocycles. The second-order valence-electron chi connectivity index (χ2n) is 15.9. The minimum atomic E-state index is -4.64. The third-order valence-electron chi connectivity index (χ3n) is 9.83. The molecular weight excluding hydrogens is 841 g/mol. The van der Waals surface area contributed by atoms with Gasteiger partial charge >= 0.3 is 11.9 Å². The highest BCUT2D eigenvalue weighted by Crippen LogP contribution is 2.34. The first kappa shape index (κ1) is 51.7. The summed E-state index contributed by atoms with van der Waals surface area (Å²) in [5, 5.41) is 23.3. The van der Waals surface area contributed by atoms with E-state index in [1.165, 1.54) is 60.0 Å². The van der Waals surface area contributed by atoms with Crippen molar-refractivity contribution < 1.29 is 56.3 Å². The maximum atomic E-state index is 14.1. The first-order valence-corrected chi connectivity index (χ1v) is 22.2. The molecular formula is C44H60N4O14S. The van der Waals surface area contributed by atoms with Crippen molar-refractivity contribution in [1.29, 1.82) is 0 Å². The van der Waals surface area contributed by atoms with Crippen molar-refractivity contribution in [1.82, 2.24) is 4.90 Å². The zero-order valence-corrected chi connectivity index (χ0v) is 38.1. The lowest BCUT2D eigenvalue weighted by molar-refractivity contribution is -0.396. The summed E-state index contributed by atoms with van der Waals surface area (Å²) in [6.07, 6.45) is 0.874. The number of non-ortho nitro benzene ring substituents is 1. The molecule has 3 rings (SSSR count). The van der Waals surface area contributed by atoms with E-state index in [0.29, 0.717) is 31.1 Å². The predicted octanol–water partition coefficient (Wildman–Crippen LogP) is 7.04. The number of likely N-dealkylation sites (N-methyl/N-ethyl adjacent to an activating group) is 1. The van der Waals surface area contributed by atoms with Crippen molar-refractivity contribution in [3.63, 3.8) is 0 Å². The normalized spacial score (nSPS) is 12.5. The molecule has 3 aromatic carbocycles. The van der Waals surface area contributed by atoms with Crippen LogP contribution in [0.3, 0.4) is 0 Å². The predicted molar refractivity (Wildman–Crippen MR) is 234 cm³/mol. The van der Waals surface area contributed by atoms with Gasteiger partial charge in [-0.25, -0.2) is 18.0 Å². The Morgan fingerprint density at radius 3 is 2.06 bits per heavy atom. The molecule has 0 aromatic heterocycles. The molecule has 346 valence electrons. The molecule has 0 spiro atoms. The number of benzene rings is 3. The van der Waals surface area contributed by atoms with Crippen molar-refractivity contribution in [2.45, 2.75) is 109 Å². The number of aryl methyl sites for hydroxylation is 3. The number of esters is 2. The lowest BCUT2D eigenvalue weighted by Gasteiger charge is -2.31. The van der Waals surface area contributed by atoms with E-state index >= 15 is 0 Å². The van der Waals surface area contributed by atoms with Crippen LogP contribution in [0.2, 0.25) is 0 Å². The number of nitro benzene ring substituents is 2. The number of unbranched alkanes of at least 4 members (excludes halogenated alkanes) is 4. The first-order chi connectivity index (χ1) is 29.7. The molecule has 0 N–H and O–H groups in total. The molecule has 0 aliphatic carbocycles. The molecule has 0 saturated carbocycles. The molecule has 2 atom stereocenters. The van der Waals surface area contributed by atoms with Crippen LogP contribution in [0.15, 0.2) is 65.6 Å². The van der Waals surface area contributed by atoms with E-state index in [4.69, 9.17) is 23.7 Å². The molecule has 3 aromatic rings. The van der Waals surface area contributed by atoms with Gasteiger partial charge in [-0.1, -0.05) is 24.6 Å². The lowest BCUT2D eigenvalue weighted by atomic mass is 10.0. The van der Waals surface area contributed by atoms with Crippen LogP contribution in [0.1, 0.15) is 82.9 Å². The standard InChI is InChI=1S/C44H60N4O14S/c1-9-59-39(49)30-61-41(43(51)62-44(4,5)6)40(60-27-15-10-12-16-33-18-17-31(2)32(3)28-33)42(50)45(7)25-13-11-14-26-46(34-19-22-36(58-8)23-20-34)63(56,57)38-24-21-35(47(52)53)29-37(38)48(54)55/h17-24,28-29,40-41H,9-16,25-27,30H2,1-8H3/t40-,41-/m1/s1. The molecule has 0 aliphatic heterocycles. The summed E-state index contributed by atoms with van der Waals surface area (Å²) in [5.41, 5.74) is 1.26. The Morgan fingerprint density at radius 1 is 0.794 bits per heavy atom. The maximum Gasteiger partial charge on any atom is 0.339 e. The monoisotopic (exact) mass is 900 g/mol. The fourth-order valence-corrected chi connectivity index (χ4v) is 8.05. The Bertz CT molecular complexity index is 2140. The number of rotatable bonds is 26. The number of sulfonamides is 1. The highest BCUT2D eigenvalue weighted by Gasteiger charge is 2.41. The topological polar surface area (TPSA) is 224 Å². The minimum absolute atomic E-state index is 0.0732. The summed E-state index contributed by atoms with van der Waals surface area (Å²) in [4.78, 5) is 62.1. The largest absolute Gasteiger partial charge is 0.497 e. The van der Waals surface area contributed by atoms with Crippen molar-refractivity contribution in [2.75, 3.05) is 51.4 Å². The highest BCUT2D eigenvalue weighted by atomic mass is 32.2. The van der Waals surface area contributed by atoms with Crippen LogP contribution in [0.25, 0.3) is 0 Å². The Morgan fingerprint density at radius 2 is 1.46 bits per heavy atom. The second kappa shape index (κ2) is 24.3. The van der Waals surface area contributed by atoms with Crippen LogP contribution < -0.4 is 9.04 Å². The van der Waals surface area contributed by atoms with Crippen LogP contribution in [-0.4, -0.2) is 106 Å². The summed E-state index contributed by atoms with van der Waals surface area (Å²) < 4.78 is 56.8. The molecule has 1 amide bonds. The SMILES string of the molecule is CCOC(=O)CO[C@@H](C(=O)OC(C)(C)C)[C@@H](OCCCCCc1ccc(C)c(C)c1)C(=O)N(C)CCCCCN(c1ccc(OC)cc1)S(=O)(=O)c1ccc([N+](=O)[O-])cc1[N+](=O)[O-]. The van der Waals surface area contributed by atoms with E-state index in [9.17, 15) is 43.0 Å². The summed E-state index contributed by atoms with van der Waals surface area (Å²) in [6.45, 7) is 10.2. The van der Waals surface area contributed by atoms with E-state index in [2.05, 4.69) is 32.0 Å². The van der Waals surface area contributed by atoms with Gasteiger partial charge in [0.25, 0.3) is 27.3 Å². The molecule has 0 unspecified atom stereocenters. The number of carbonyl (C=O) groups is 3. The van der Waals surface area contributed by atoms with Crippen molar-refractivity contribution >= 4 is 44.9 Å². The Balaban J connectivity index is 1.78. The third kappa shape index (κ3) is 15.9. The Labute approximate surface area is 369 Å². The average molecular weight is 901 g/mol. The zero-order valence-electron chi connectivity index (χ0n) is 37.3. The summed E-state index contributed by atoms with van der Waals surface area (Å²) in [6, 6.07) is 14.7. The molecule has 0 radical (unpaired) electrons. The molecule has 19 heteroatoms. The average Bonchev–Trinajstić information content (AvgIpc) is 3.22.